The maximum atomic E-state index is 13.7. The van der Waals surface area contributed by atoms with E-state index in [0.29, 0.717) is 0 Å². The summed E-state index contributed by atoms with van der Waals surface area (Å²) in [5.74, 6) is -0.369. The normalized spacial score (nSPS) is 25.7. The zero-order valence-corrected chi connectivity index (χ0v) is 16.8. The second kappa shape index (κ2) is 6.29. The van der Waals surface area contributed by atoms with E-state index < -0.39 is 15.4 Å². The quantitative estimate of drug-likeness (QED) is 0.664. The van der Waals surface area contributed by atoms with Gasteiger partial charge in [-0.1, -0.05) is 78.4 Å². The van der Waals surface area contributed by atoms with Crippen LogP contribution in [0.2, 0.25) is 0 Å². The molecule has 0 aromatic heterocycles. The number of fused-ring (bicyclic) bond motifs is 1. The van der Waals surface area contributed by atoms with Gasteiger partial charge in [-0.25, -0.2) is 12.7 Å². The van der Waals surface area contributed by atoms with Crippen molar-refractivity contribution >= 4 is 15.9 Å². The third-order valence-electron chi connectivity index (χ3n) is 6.33. The number of carbonyl (C=O) groups is 1. The summed E-state index contributed by atoms with van der Waals surface area (Å²) in [7, 11) is -3.88. The van der Waals surface area contributed by atoms with Gasteiger partial charge in [-0.3, -0.25) is 4.79 Å². The Morgan fingerprint density at radius 2 is 1.45 bits per heavy atom. The Morgan fingerprint density at radius 3 is 2.07 bits per heavy atom. The molecular formula is C24H21NO3S. The molecule has 0 N–H and O–H groups in total. The molecule has 1 saturated carbocycles. The van der Waals surface area contributed by atoms with E-state index in [1.807, 2.05) is 67.6 Å². The first-order valence-electron chi connectivity index (χ1n) is 9.71. The lowest BCUT2D eigenvalue weighted by Gasteiger charge is -2.24. The zero-order valence-electron chi connectivity index (χ0n) is 16.0. The third-order valence-corrected chi connectivity index (χ3v) is 8.09. The second-order valence-electron chi connectivity index (χ2n) is 7.88. The van der Waals surface area contributed by atoms with Gasteiger partial charge in [-0.05, 0) is 30.2 Å². The standard InChI is InChI=1S/C24H21NO3S/c1-17-12-14-20(15-13-17)29(27,28)25-16-21-22(18-8-4-2-5-9-18)24(21,23(25)26)19-10-6-3-7-11-19/h2-15,21-22H,16H2,1H3/t21?,22-,24-/m1/s1. The van der Waals surface area contributed by atoms with Gasteiger partial charge in [0.2, 0.25) is 5.91 Å². The third kappa shape index (κ3) is 2.50. The van der Waals surface area contributed by atoms with Gasteiger partial charge >= 0.3 is 0 Å². The van der Waals surface area contributed by atoms with Crippen molar-refractivity contribution in [3.05, 3.63) is 102 Å². The molecule has 2 fully saturated rings. The topological polar surface area (TPSA) is 54.5 Å². The number of aryl methyl sites for hydroxylation is 1. The van der Waals surface area contributed by atoms with Crippen LogP contribution >= 0.6 is 0 Å². The van der Waals surface area contributed by atoms with Crippen LogP contribution < -0.4 is 0 Å². The van der Waals surface area contributed by atoms with Crippen molar-refractivity contribution in [2.45, 2.75) is 23.2 Å². The summed E-state index contributed by atoms with van der Waals surface area (Å²) in [6.07, 6.45) is 0. The average Bonchev–Trinajstić information content (AvgIpc) is 3.32. The van der Waals surface area contributed by atoms with Crippen molar-refractivity contribution in [2.24, 2.45) is 5.92 Å². The predicted molar refractivity (Wildman–Crippen MR) is 111 cm³/mol. The Kier molecular flexibility index (Phi) is 3.93. The molecular weight excluding hydrogens is 382 g/mol. The number of piperidine rings is 1. The highest BCUT2D eigenvalue weighted by Crippen LogP contribution is 2.70. The lowest BCUT2D eigenvalue weighted by Crippen LogP contribution is -2.39. The summed E-state index contributed by atoms with van der Waals surface area (Å²) < 4.78 is 27.6. The Labute approximate surface area is 170 Å². The highest BCUT2D eigenvalue weighted by Gasteiger charge is 2.77. The zero-order chi connectivity index (χ0) is 20.2. The fourth-order valence-corrected chi connectivity index (χ4v) is 6.36. The largest absolute Gasteiger partial charge is 0.273 e. The monoisotopic (exact) mass is 403 g/mol. The van der Waals surface area contributed by atoms with Gasteiger partial charge in [0.25, 0.3) is 10.0 Å². The van der Waals surface area contributed by atoms with Crippen LogP contribution in [-0.4, -0.2) is 25.2 Å². The van der Waals surface area contributed by atoms with Crippen LogP contribution in [0, 0.1) is 12.8 Å². The average molecular weight is 404 g/mol. The van der Waals surface area contributed by atoms with Gasteiger partial charge in [0, 0.05) is 18.4 Å². The minimum atomic E-state index is -3.88. The SMILES string of the molecule is Cc1ccc(S(=O)(=O)N2CC3[C@@H](c4ccccc4)[C@]3(c3ccccc3)C2=O)cc1. The van der Waals surface area contributed by atoms with Gasteiger partial charge in [-0.2, -0.15) is 0 Å². The van der Waals surface area contributed by atoms with Crippen LogP contribution in [0.3, 0.4) is 0 Å². The molecule has 0 radical (unpaired) electrons. The maximum Gasteiger partial charge on any atom is 0.266 e. The molecule has 2 aliphatic rings. The van der Waals surface area contributed by atoms with E-state index in [-0.39, 0.29) is 29.2 Å². The van der Waals surface area contributed by atoms with Gasteiger partial charge in [-0.15, -0.1) is 0 Å². The smallest absolute Gasteiger partial charge is 0.266 e. The first kappa shape index (κ1) is 18.1. The Balaban J connectivity index is 1.58. The van der Waals surface area contributed by atoms with Crippen molar-refractivity contribution < 1.29 is 13.2 Å². The molecule has 5 rings (SSSR count). The van der Waals surface area contributed by atoms with Crippen molar-refractivity contribution in [2.75, 3.05) is 6.54 Å². The van der Waals surface area contributed by atoms with E-state index in [1.165, 1.54) is 0 Å². The molecule has 1 unspecified atom stereocenters. The molecule has 3 aromatic carbocycles. The van der Waals surface area contributed by atoms with Crippen molar-refractivity contribution in [3.8, 4) is 0 Å². The highest BCUT2D eigenvalue weighted by atomic mass is 32.2. The fraction of sp³-hybridized carbons (Fsp3) is 0.208. The number of carbonyl (C=O) groups excluding carboxylic acids is 1. The number of amides is 1. The molecule has 0 bridgehead atoms. The number of benzene rings is 3. The Bertz CT molecular complexity index is 1170. The van der Waals surface area contributed by atoms with Crippen LogP contribution in [0.4, 0.5) is 0 Å². The van der Waals surface area contributed by atoms with Gasteiger partial charge in [0.05, 0.1) is 10.3 Å². The molecule has 29 heavy (non-hydrogen) atoms. The summed E-state index contributed by atoms with van der Waals surface area (Å²) in [5, 5.41) is 0. The van der Waals surface area contributed by atoms with E-state index in [4.69, 9.17) is 0 Å². The van der Waals surface area contributed by atoms with E-state index >= 15 is 0 Å². The van der Waals surface area contributed by atoms with E-state index in [9.17, 15) is 13.2 Å². The molecule has 0 spiro atoms. The van der Waals surface area contributed by atoms with Crippen molar-refractivity contribution in [3.63, 3.8) is 0 Å². The first-order valence-corrected chi connectivity index (χ1v) is 11.2. The molecule has 1 amide bonds. The van der Waals surface area contributed by atoms with Gasteiger partial charge in [0.1, 0.15) is 0 Å². The lowest BCUT2D eigenvalue weighted by atomic mass is 9.90. The first-order chi connectivity index (χ1) is 14.0. The number of sulfonamides is 1. The minimum absolute atomic E-state index is 0.00284. The summed E-state index contributed by atoms with van der Waals surface area (Å²) in [6, 6.07) is 26.2. The maximum absolute atomic E-state index is 13.7. The van der Waals surface area contributed by atoms with Crippen LogP contribution in [0.25, 0.3) is 0 Å². The number of hydrogen-bond donors (Lipinski definition) is 0. The molecule has 1 aliphatic heterocycles. The van der Waals surface area contributed by atoms with Crippen LogP contribution in [0.15, 0.2) is 89.8 Å². The number of hydrogen-bond acceptors (Lipinski definition) is 3. The molecule has 1 saturated heterocycles. The van der Waals surface area contributed by atoms with Crippen LogP contribution in [-0.2, 0) is 20.2 Å². The van der Waals surface area contributed by atoms with Crippen LogP contribution in [0.5, 0.6) is 0 Å². The molecule has 146 valence electrons. The van der Waals surface area contributed by atoms with Gasteiger partial charge in [0.15, 0.2) is 0 Å². The summed E-state index contributed by atoms with van der Waals surface area (Å²) >= 11 is 0. The lowest BCUT2D eigenvalue weighted by molar-refractivity contribution is -0.127. The highest BCUT2D eigenvalue weighted by molar-refractivity contribution is 7.89. The van der Waals surface area contributed by atoms with Crippen LogP contribution in [0.1, 0.15) is 22.6 Å². The van der Waals surface area contributed by atoms with E-state index in [2.05, 4.69) is 0 Å². The number of rotatable bonds is 4. The van der Waals surface area contributed by atoms with Crippen molar-refractivity contribution in [1.29, 1.82) is 0 Å². The number of nitrogens with zero attached hydrogens (tertiary/aromatic N) is 1. The molecule has 3 aromatic rings. The fourth-order valence-electron chi connectivity index (χ4n) is 4.90. The molecule has 1 heterocycles. The molecule has 1 aliphatic carbocycles. The Morgan fingerprint density at radius 1 is 0.862 bits per heavy atom. The summed E-state index contributed by atoms with van der Waals surface area (Å²) in [4.78, 5) is 13.9. The molecule has 4 nitrogen and oxygen atoms in total. The second-order valence-corrected chi connectivity index (χ2v) is 9.75. The van der Waals surface area contributed by atoms with E-state index in [0.717, 1.165) is 21.0 Å². The molecule has 5 heteroatoms. The van der Waals surface area contributed by atoms with E-state index in [1.54, 1.807) is 24.3 Å². The Hall–Kier alpha value is -2.92. The minimum Gasteiger partial charge on any atom is -0.273 e. The van der Waals surface area contributed by atoms with Crippen molar-refractivity contribution in [1.82, 2.24) is 4.31 Å². The summed E-state index contributed by atoms with van der Waals surface area (Å²) in [5.41, 5.74) is 2.15. The predicted octanol–water partition coefficient (Wildman–Crippen LogP) is 3.88. The molecule has 3 atom stereocenters. The summed E-state index contributed by atoms with van der Waals surface area (Å²) in [6.45, 7) is 2.12. The van der Waals surface area contributed by atoms with Gasteiger partial charge < -0.3 is 0 Å².